The molecule has 7 heteroatoms. The number of nitrogens with one attached hydrogen (secondary N) is 2. The van der Waals surface area contributed by atoms with Gasteiger partial charge in [-0.1, -0.05) is 6.07 Å². The molecule has 0 spiro atoms. The molecule has 116 valence electrons. The summed E-state index contributed by atoms with van der Waals surface area (Å²) in [5.41, 5.74) is 2.29. The lowest BCUT2D eigenvalue weighted by Crippen LogP contribution is -2.23. The lowest BCUT2D eigenvalue weighted by molar-refractivity contribution is 0.174. The van der Waals surface area contributed by atoms with E-state index in [0.717, 1.165) is 31.5 Å². The zero-order chi connectivity index (χ0) is 16.0. The topological polar surface area (TPSA) is 63.0 Å². The maximum absolute atomic E-state index is 8.50. The van der Waals surface area contributed by atoms with Crippen molar-refractivity contribution in [2.45, 2.75) is 6.54 Å². The third-order valence-electron chi connectivity index (χ3n) is 3.77. The van der Waals surface area contributed by atoms with Crippen LogP contribution in [-0.4, -0.2) is 16.3 Å². The minimum atomic E-state index is 0.254. The number of aromatic amines is 1. The average Bonchev–Trinajstić information content (AvgIpc) is 3.00. The van der Waals surface area contributed by atoms with Gasteiger partial charge >= 0.3 is 0 Å². The van der Waals surface area contributed by atoms with Gasteiger partial charge in [0.05, 0.1) is 12.1 Å². The van der Waals surface area contributed by atoms with Crippen molar-refractivity contribution in [3.63, 3.8) is 0 Å². The summed E-state index contributed by atoms with van der Waals surface area (Å²) in [6.45, 7) is 0.760. The predicted molar refractivity (Wildman–Crippen MR) is 97.4 cm³/mol. The highest BCUT2D eigenvalue weighted by Gasteiger charge is 2.13. The summed E-state index contributed by atoms with van der Waals surface area (Å²) in [5.74, 6) is 1.49. The second-order valence-corrected chi connectivity index (χ2v) is 6.87. The van der Waals surface area contributed by atoms with Gasteiger partial charge in [0, 0.05) is 8.96 Å². The van der Waals surface area contributed by atoms with E-state index in [4.69, 9.17) is 27.1 Å². The Morgan fingerprint density at radius 2 is 2.00 bits per heavy atom. The highest BCUT2D eigenvalue weighted by Crippen LogP contribution is 2.32. The zero-order valence-corrected chi connectivity index (χ0v) is 14.9. The maximum Gasteiger partial charge on any atom is 0.231 e. The molecular weight excluding hydrogens is 425 g/mol. The SMILES string of the molecule is N=c1c2cc(I)ccc2[nH]c(=S)n1Cc1ccc2c(c1)OCO2. The van der Waals surface area contributed by atoms with Crippen LogP contribution in [0.4, 0.5) is 0 Å². The summed E-state index contributed by atoms with van der Waals surface area (Å²) >= 11 is 7.67. The molecule has 0 radical (unpaired) electrons. The molecule has 1 aromatic heterocycles. The third-order valence-corrected chi connectivity index (χ3v) is 4.76. The summed E-state index contributed by atoms with van der Waals surface area (Å²) in [5, 5.41) is 9.35. The third kappa shape index (κ3) is 2.63. The first-order valence-electron chi connectivity index (χ1n) is 6.97. The highest BCUT2D eigenvalue weighted by atomic mass is 127. The molecule has 1 aliphatic heterocycles. The van der Waals surface area contributed by atoms with Gasteiger partial charge < -0.3 is 14.5 Å². The number of benzene rings is 2. The minimum absolute atomic E-state index is 0.254. The number of ether oxygens (including phenoxy) is 2. The summed E-state index contributed by atoms with van der Waals surface area (Å²) < 4.78 is 14.1. The second kappa shape index (κ2) is 5.64. The van der Waals surface area contributed by atoms with E-state index in [-0.39, 0.29) is 6.79 Å². The van der Waals surface area contributed by atoms with Crippen LogP contribution in [-0.2, 0) is 6.54 Å². The molecule has 0 unspecified atom stereocenters. The van der Waals surface area contributed by atoms with Crippen LogP contribution in [0, 0.1) is 13.8 Å². The summed E-state index contributed by atoms with van der Waals surface area (Å²) in [7, 11) is 0. The standard InChI is InChI=1S/C16H12IN3O2S/c17-10-2-3-12-11(6-10)15(18)20(16(23)19-12)7-9-1-4-13-14(5-9)22-8-21-13/h1-6,18H,7-8H2,(H,19,23). The van der Waals surface area contributed by atoms with Gasteiger partial charge in [0.25, 0.3) is 0 Å². The van der Waals surface area contributed by atoms with Gasteiger partial charge in [-0.2, -0.15) is 0 Å². The zero-order valence-electron chi connectivity index (χ0n) is 11.9. The number of halogens is 1. The number of hydrogen-bond acceptors (Lipinski definition) is 4. The predicted octanol–water partition coefficient (Wildman–Crippen LogP) is 3.56. The quantitative estimate of drug-likeness (QED) is 0.476. The Morgan fingerprint density at radius 1 is 1.17 bits per heavy atom. The molecule has 3 aromatic rings. The molecule has 0 saturated heterocycles. The molecule has 0 aliphatic carbocycles. The summed E-state index contributed by atoms with van der Waals surface area (Å²) in [6, 6.07) is 11.7. The molecule has 0 saturated carbocycles. The Bertz CT molecular complexity index is 1040. The Kier molecular flexibility index (Phi) is 3.61. The van der Waals surface area contributed by atoms with Gasteiger partial charge in [0.1, 0.15) is 5.49 Å². The van der Waals surface area contributed by atoms with Crippen LogP contribution < -0.4 is 15.0 Å². The van der Waals surface area contributed by atoms with E-state index >= 15 is 0 Å². The lowest BCUT2D eigenvalue weighted by Gasteiger charge is -2.11. The Hall–Kier alpha value is -1.87. The molecule has 0 atom stereocenters. The molecule has 0 bridgehead atoms. The minimum Gasteiger partial charge on any atom is -0.454 e. The highest BCUT2D eigenvalue weighted by molar-refractivity contribution is 14.1. The van der Waals surface area contributed by atoms with Gasteiger partial charge in [-0.3, -0.25) is 9.98 Å². The normalized spacial score (nSPS) is 12.7. The average molecular weight is 437 g/mol. The lowest BCUT2D eigenvalue weighted by atomic mass is 10.2. The number of fused-ring (bicyclic) bond motifs is 2. The Labute approximate surface area is 150 Å². The fourth-order valence-electron chi connectivity index (χ4n) is 2.62. The van der Waals surface area contributed by atoms with Gasteiger partial charge in [0.2, 0.25) is 6.79 Å². The van der Waals surface area contributed by atoms with Crippen molar-refractivity contribution >= 4 is 45.7 Å². The Balaban J connectivity index is 1.83. The van der Waals surface area contributed by atoms with E-state index in [1.54, 1.807) is 4.57 Å². The largest absolute Gasteiger partial charge is 0.454 e. The second-order valence-electron chi connectivity index (χ2n) is 5.24. The maximum atomic E-state index is 8.50. The van der Waals surface area contributed by atoms with E-state index in [0.29, 0.717) is 16.8 Å². The van der Waals surface area contributed by atoms with Crippen LogP contribution in [0.5, 0.6) is 11.5 Å². The summed E-state index contributed by atoms with van der Waals surface area (Å²) in [6.07, 6.45) is 0. The number of rotatable bonds is 2. The van der Waals surface area contributed by atoms with Crippen LogP contribution in [0.15, 0.2) is 36.4 Å². The van der Waals surface area contributed by atoms with E-state index in [1.165, 1.54) is 0 Å². The number of hydrogen-bond donors (Lipinski definition) is 2. The van der Waals surface area contributed by atoms with Crippen molar-refractivity contribution in [1.29, 1.82) is 5.41 Å². The molecule has 2 aromatic carbocycles. The smallest absolute Gasteiger partial charge is 0.231 e. The van der Waals surface area contributed by atoms with Crippen molar-refractivity contribution in [3.8, 4) is 11.5 Å². The molecule has 23 heavy (non-hydrogen) atoms. The van der Waals surface area contributed by atoms with E-state index in [2.05, 4.69) is 27.6 Å². The molecule has 1 aliphatic rings. The molecule has 4 rings (SSSR count). The first-order chi connectivity index (χ1) is 11.1. The fourth-order valence-corrected chi connectivity index (χ4v) is 3.38. The van der Waals surface area contributed by atoms with Crippen molar-refractivity contribution in [3.05, 3.63) is 55.8 Å². The molecular formula is C16H12IN3O2S. The first-order valence-corrected chi connectivity index (χ1v) is 8.46. The van der Waals surface area contributed by atoms with E-state index in [9.17, 15) is 0 Å². The van der Waals surface area contributed by atoms with Crippen molar-refractivity contribution in [2.24, 2.45) is 0 Å². The van der Waals surface area contributed by atoms with Crippen molar-refractivity contribution in [1.82, 2.24) is 9.55 Å². The molecule has 5 nitrogen and oxygen atoms in total. The number of aromatic nitrogens is 2. The molecule has 0 amide bonds. The van der Waals surface area contributed by atoms with Crippen LogP contribution in [0.1, 0.15) is 5.56 Å². The molecule has 2 heterocycles. The van der Waals surface area contributed by atoms with Crippen LogP contribution in [0.2, 0.25) is 0 Å². The van der Waals surface area contributed by atoms with E-state index in [1.807, 2.05) is 36.4 Å². The van der Waals surface area contributed by atoms with E-state index < -0.39 is 0 Å². The van der Waals surface area contributed by atoms with Crippen LogP contribution >= 0.6 is 34.8 Å². The number of nitrogens with zero attached hydrogens (tertiary/aromatic N) is 1. The van der Waals surface area contributed by atoms with Crippen LogP contribution in [0.3, 0.4) is 0 Å². The van der Waals surface area contributed by atoms with Crippen molar-refractivity contribution in [2.75, 3.05) is 6.79 Å². The molecule has 0 fully saturated rings. The van der Waals surface area contributed by atoms with Crippen LogP contribution in [0.25, 0.3) is 10.9 Å². The number of H-pyrrole nitrogens is 1. The monoisotopic (exact) mass is 437 g/mol. The van der Waals surface area contributed by atoms with Gasteiger partial charge in [-0.25, -0.2) is 0 Å². The van der Waals surface area contributed by atoms with Crippen molar-refractivity contribution < 1.29 is 9.47 Å². The summed E-state index contributed by atoms with van der Waals surface area (Å²) in [4.78, 5) is 3.20. The Morgan fingerprint density at radius 3 is 2.87 bits per heavy atom. The fraction of sp³-hybridized carbons (Fsp3) is 0.125. The van der Waals surface area contributed by atoms with Gasteiger partial charge in [-0.15, -0.1) is 0 Å². The van der Waals surface area contributed by atoms with Gasteiger partial charge in [0.15, 0.2) is 16.3 Å². The molecule has 2 N–H and O–H groups in total. The first kappa shape index (κ1) is 14.7. The van der Waals surface area contributed by atoms with Gasteiger partial charge in [-0.05, 0) is 70.7 Å².